The number of hydrogen-bond acceptors (Lipinski definition) is 3. The van der Waals surface area contributed by atoms with E-state index in [4.69, 9.17) is 10.2 Å². The minimum Gasteiger partial charge on any atom is -0.396 e. The highest BCUT2D eigenvalue weighted by Crippen LogP contribution is 2.33. The molecule has 12 heavy (non-hydrogen) atoms. The highest BCUT2D eigenvalue weighted by Gasteiger charge is 2.30. The molecule has 0 aromatic heterocycles. The van der Waals surface area contributed by atoms with Crippen molar-refractivity contribution in [3.63, 3.8) is 0 Å². The van der Waals surface area contributed by atoms with E-state index in [9.17, 15) is 5.11 Å². The van der Waals surface area contributed by atoms with Gasteiger partial charge >= 0.3 is 0 Å². The van der Waals surface area contributed by atoms with Gasteiger partial charge in [-0.05, 0) is 25.3 Å². The largest absolute Gasteiger partial charge is 0.396 e. The molecule has 0 radical (unpaired) electrons. The third-order valence-corrected chi connectivity index (χ3v) is 2.59. The minimum atomic E-state index is -0.403. The van der Waals surface area contributed by atoms with Crippen LogP contribution in [0.5, 0.6) is 0 Å². The predicted octanol–water partition coefficient (Wildman–Crippen LogP) is 0.0584. The van der Waals surface area contributed by atoms with Crippen molar-refractivity contribution in [2.45, 2.75) is 25.9 Å². The summed E-state index contributed by atoms with van der Waals surface area (Å²) in [4.78, 5) is 0. The lowest BCUT2D eigenvalue weighted by Gasteiger charge is -2.16. The second-order valence-electron chi connectivity index (χ2n) is 3.35. The van der Waals surface area contributed by atoms with E-state index in [0.29, 0.717) is 12.8 Å². The van der Waals surface area contributed by atoms with Crippen LogP contribution in [-0.2, 0) is 0 Å². The van der Waals surface area contributed by atoms with Crippen LogP contribution in [-0.4, -0.2) is 34.6 Å². The van der Waals surface area contributed by atoms with Crippen molar-refractivity contribution in [3.8, 4) is 0 Å². The molecular weight excluding hydrogens is 156 g/mol. The molecule has 0 fully saturated rings. The average Bonchev–Trinajstić information content (AvgIpc) is 2.28. The van der Waals surface area contributed by atoms with E-state index in [2.05, 4.69) is 0 Å². The van der Waals surface area contributed by atoms with Gasteiger partial charge in [-0.1, -0.05) is 5.57 Å². The van der Waals surface area contributed by atoms with Gasteiger partial charge in [0.15, 0.2) is 0 Å². The summed E-state index contributed by atoms with van der Waals surface area (Å²) in [6.07, 6.45) is 0.786. The molecule has 2 unspecified atom stereocenters. The van der Waals surface area contributed by atoms with Crippen molar-refractivity contribution in [2.24, 2.45) is 5.92 Å². The molecule has 3 heteroatoms. The molecule has 2 atom stereocenters. The van der Waals surface area contributed by atoms with Crippen LogP contribution in [0.1, 0.15) is 19.8 Å². The zero-order valence-corrected chi connectivity index (χ0v) is 7.32. The van der Waals surface area contributed by atoms with Crippen LogP contribution in [0, 0.1) is 5.92 Å². The zero-order valence-electron chi connectivity index (χ0n) is 7.32. The molecule has 1 aliphatic rings. The molecule has 0 aromatic carbocycles. The first-order valence-corrected chi connectivity index (χ1v) is 4.29. The molecule has 0 amide bonds. The van der Waals surface area contributed by atoms with E-state index < -0.39 is 6.10 Å². The Balaban J connectivity index is 2.69. The molecular formula is C9H16O3. The van der Waals surface area contributed by atoms with Crippen LogP contribution >= 0.6 is 0 Å². The molecule has 0 spiro atoms. The summed E-state index contributed by atoms with van der Waals surface area (Å²) in [6.45, 7) is 2.00. The maximum Gasteiger partial charge on any atom is 0.0647 e. The SMILES string of the molecule is CC1=C(CO)C(CCO)C(O)C1. The van der Waals surface area contributed by atoms with Gasteiger partial charge in [-0.2, -0.15) is 0 Å². The van der Waals surface area contributed by atoms with Crippen LogP contribution in [0.25, 0.3) is 0 Å². The topological polar surface area (TPSA) is 60.7 Å². The predicted molar refractivity (Wildman–Crippen MR) is 45.6 cm³/mol. The highest BCUT2D eigenvalue weighted by molar-refractivity contribution is 5.24. The standard InChI is InChI=1S/C9H16O3/c1-6-4-9(12)7(2-3-10)8(6)5-11/h7,9-12H,2-5H2,1H3. The Kier molecular flexibility index (Phi) is 3.26. The van der Waals surface area contributed by atoms with Gasteiger partial charge in [0.2, 0.25) is 0 Å². The summed E-state index contributed by atoms with van der Waals surface area (Å²) in [5, 5.41) is 27.3. The van der Waals surface area contributed by atoms with E-state index in [-0.39, 0.29) is 19.1 Å². The lowest BCUT2D eigenvalue weighted by atomic mass is 9.96. The van der Waals surface area contributed by atoms with Crippen molar-refractivity contribution in [2.75, 3.05) is 13.2 Å². The summed E-state index contributed by atoms with van der Waals surface area (Å²) in [5.41, 5.74) is 1.99. The summed E-state index contributed by atoms with van der Waals surface area (Å²) in [7, 11) is 0. The smallest absolute Gasteiger partial charge is 0.0647 e. The van der Waals surface area contributed by atoms with Crippen LogP contribution in [0.15, 0.2) is 11.1 Å². The number of aliphatic hydroxyl groups is 3. The maximum absolute atomic E-state index is 9.53. The molecule has 0 bridgehead atoms. The van der Waals surface area contributed by atoms with Gasteiger partial charge < -0.3 is 15.3 Å². The normalized spacial score (nSPS) is 30.0. The molecule has 0 heterocycles. The van der Waals surface area contributed by atoms with E-state index in [0.717, 1.165) is 11.1 Å². The Bertz CT molecular complexity index is 186. The van der Waals surface area contributed by atoms with Crippen LogP contribution in [0.2, 0.25) is 0 Å². The van der Waals surface area contributed by atoms with Crippen molar-refractivity contribution in [1.82, 2.24) is 0 Å². The third kappa shape index (κ3) is 1.68. The van der Waals surface area contributed by atoms with Gasteiger partial charge in [0.25, 0.3) is 0 Å². The van der Waals surface area contributed by atoms with Gasteiger partial charge in [-0.3, -0.25) is 0 Å². The van der Waals surface area contributed by atoms with Crippen LogP contribution in [0.3, 0.4) is 0 Å². The van der Waals surface area contributed by atoms with E-state index in [1.54, 1.807) is 0 Å². The van der Waals surface area contributed by atoms with Crippen molar-refractivity contribution in [1.29, 1.82) is 0 Å². The second-order valence-corrected chi connectivity index (χ2v) is 3.35. The fourth-order valence-electron chi connectivity index (χ4n) is 1.89. The molecule has 3 N–H and O–H groups in total. The summed E-state index contributed by atoms with van der Waals surface area (Å²) < 4.78 is 0. The Morgan fingerprint density at radius 3 is 2.58 bits per heavy atom. The molecule has 3 nitrogen and oxygen atoms in total. The lowest BCUT2D eigenvalue weighted by Crippen LogP contribution is -2.19. The van der Waals surface area contributed by atoms with Gasteiger partial charge in [0.05, 0.1) is 12.7 Å². The molecule has 0 aromatic rings. The van der Waals surface area contributed by atoms with E-state index in [1.165, 1.54) is 0 Å². The first kappa shape index (κ1) is 9.71. The molecule has 70 valence electrons. The second kappa shape index (κ2) is 4.03. The lowest BCUT2D eigenvalue weighted by molar-refractivity contribution is 0.115. The highest BCUT2D eigenvalue weighted by atomic mass is 16.3. The zero-order chi connectivity index (χ0) is 9.14. The van der Waals surface area contributed by atoms with E-state index >= 15 is 0 Å². The summed E-state index contributed by atoms with van der Waals surface area (Å²) in [6, 6.07) is 0. The van der Waals surface area contributed by atoms with Gasteiger partial charge in [-0.15, -0.1) is 0 Å². The monoisotopic (exact) mass is 172 g/mol. The molecule has 0 saturated heterocycles. The van der Waals surface area contributed by atoms with E-state index in [1.807, 2.05) is 6.92 Å². The summed E-state index contributed by atoms with van der Waals surface area (Å²) in [5.74, 6) is -0.0278. The van der Waals surface area contributed by atoms with Crippen molar-refractivity contribution < 1.29 is 15.3 Å². The first-order valence-electron chi connectivity index (χ1n) is 4.29. The number of aliphatic hydroxyl groups excluding tert-OH is 3. The third-order valence-electron chi connectivity index (χ3n) is 2.59. The Hall–Kier alpha value is -0.380. The quantitative estimate of drug-likeness (QED) is 0.527. The first-order chi connectivity index (χ1) is 5.70. The molecule has 0 saturated carbocycles. The molecule has 1 rings (SSSR count). The Morgan fingerprint density at radius 1 is 1.42 bits per heavy atom. The average molecular weight is 172 g/mol. The van der Waals surface area contributed by atoms with Crippen molar-refractivity contribution in [3.05, 3.63) is 11.1 Å². The van der Waals surface area contributed by atoms with Gasteiger partial charge in [0, 0.05) is 12.5 Å². The molecule has 1 aliphatic carbocycles. The van der Waals surface area contributed by atoms with Crippen molar-refractivity contribution >= 4 is 0 Å². The Labute approximate surface area is 72.3 Å². The maximum atomic E-state index is 9.53. The Morgan fingerprint density at radius 2 is 2.08 bits per heavy atom. The number of hydrogen-bond donors (Lipinski definition) is 3. The van der Waals surface area contributed by atoms with Gasteiger partial charge in [0.1, 0.15) is 0 Å². The number of rotatable bonds is 3. The summed E-state index contributed by atoms with van der Waals surface area (Å²) >= 11 is 0. The molecule has 0 aliphatic heterocycles. The van der Waals surface area contributed by atoms with Crippen LogP contribution in [0.4, 0.5) is 0 Å². The fourth-order valence-corrected chi connectivity index (χ4v) is 1.89. The van der Waals surface area contributed by atoms with Crippen LogP contribution < -0.4 is 0 Å². The minimum absolute atomic E-state index is 0.00750. The fraction of sp³-hybridized carbons (Fsp3) is 0.778. The van der Waals surface area contributed by atoms with Gasteiger partial charge in [-0.25, -0.2) is 0 Å².